The fourth-order valence-electron chi connectivity index (χ4n) is 4.08. The third-order valence-corrected chi connectivity index (χ3v) is 5.71. The van der Waals surface area contributed by atoms with Crippen LogP contribution in [0, 0.1) is 26.6 Å². The Morgan fingerprint density at radius 2 is 1.75 bits per heavy atom. The fraction of sp³-hybridized carbons (Fsp3) is 0.320. The van der Waals surface area contributed by atoms with Crippen molar-refractivity contribution in [2.24, 2.45) is 0 Å². The third-order valence-electron chi connectivity index (χ3n) is 5.71. The molecule has 4 rings (SSSR count). The van der Waals surface area contributed by atoms with E-state index in [4.69, 9.17) is 4.98 Å². The SMILES string of the molecule is Cc1cccc(NC(=O)N2CCN(c3nc(C)nc(C)c3Cc3cccc(F)c3)CC2)c1. The quantitative estimate of drug-likeness (QED) is 0.659. The number of rotatable bonds is 4. The van der Waals surface area contributed by atoms with Gasteiger partial charge in [-0.25, -0.2) is 19.2 Å². The van der Waals surface area contributed by atoms with E-state index in [1.54, 1.807) is 12.1 Å². The molecule has 6 nitrogen and oxygen atoms in total. The van der Waals surface area contributed by atoms with Crippen molar-refractivity contribution in [2.75, 3.05) is 36.4 Å². The Kier molecular flexibility index (Phi) is 6.35. The summed E-state index contributed by atoms with van der Waals surface area (Å²) in [6.45, 7) is 8.40. The number of piperazine rings is 1. The molecule has 1 N–H and O–H groups in total. The molecule has 1 aromatic heterocycles. The first-order chi connectivity index (χ1) is 15.4. The zero-order chi connectivity index (χ0) is 22.7. The second kappa shape index (κ2) is 9.34. The molecule has 3 aromatic rings. The largest absolute Gasteiger partial charge is 0.353 e. The molecule has 0 saturated carbocycles. The van der Waals surface area contributed by atoms with Crippen LogP contribution in [0.5, 0.6) is 0 Å². The third kappa shape index (κ3) is 5.04. The highest BCUT2D eigenvalue weighted by atomic mass is 19.1. The zero-order valence-corrected chi connectivity index (χ0v) is 18.7. The van der Waals surface area contributed by atoms with E-state index in [0.29, 0.717) is 38.4 Å². The standard InChI is InChI=1S/C25H28FN5O/c1-17-6-4-9-22(14-17)29-25(32)31-12-10-30(11-13-31)24-23(18(2)27-19(3)28-24)16-20-7-5-8-21(26)15-20/h4-9,14-15H,10-13,16H2,1-3H3,(H,29,32). The first-order valence-electron chi connectivity index (χ1n) is 10.8. The van der Waals surface area contributed by atoms with Crippen LogP contribution in [0.3, 0.4) is 0 Å². The number of hydrogen-bond acceptors (Lipinski definition) is 4. The number of amides is 2. The number of anilines is 2. The van der Waals surface area contributed by atoms with Gasteiger partial charge in [-0.2, -0.15) is 0 Å². The molecule has 2 amide bonds. The highest BCUT2D eigenvalue weighted by Gasteiger charge is 2.25. The molecule has 0 unspecified atom stereocenters. The van der Waals surface area contributed by atoms with Crippen LogP contribution < -0.4 is 10.2 Å². The molecular formula is C25H28FN5O. The number of aromatic nitrogens is 2. The van der Waals surface area contributed by atoms with E-state index >= 15 is 0 Å². The van der Waals surface area contributed by atoms with Crippen molar-refractivity contribution in [1.82, 2.24) is 14.9 Å². The Hall–Kier alpha value is -3.48. The Morgan fingerprint density at radius 1 is 1.00 bits per heavy atom. The molecule has 1 saturated heterocycles. The molecule has 0 aliphatic carbocycles. The Morgan fingerprint density at radius 3 is 2.47 bits per heavy atom. The summed E-state index contributed by atoms with van der Waals surface area (Å²) in [5.74, 6) is 1.33. The van der Waals surface area contributed by atoms with Gasteiger partial charge in [0.1, 0.15) is 17.5 Å². The molecule has 2 aromatic carbocycles. The maximum absolute atomic E-state index is 13.7. The van der Waals surface area contributed by atoms with Crippen LogP contribution in [0.15, 0.2) is 48.5 Å². The lowest BCUT2D eigenvalue weighted by Gasteiger charge is -2.36. The summed E-state index contributed by atoms with van der Waals surface area (Å²) in [7, 11) is 0. The van der Waals surface area contributed by atoms with Crippen molar-refractivity contribution in [2.45, 2.75) is 27.2 Å². The number of hydrogen-bond donors (Lipinski definition) is 1. The van der Waals surface area contributed by atoms with Crippen LogP contribution in [-0.2, 0) is 6.42 Å². The molecule has 166 valence electrons. The summed E-state index contributed by atoms with van der Waals surface area (Å²) < 4.78 is 13.7. The maximum atomic E-state index is 13.7. The molecule has 7 heteroatoms. The van der Waals surface area contributed by atoms with Crippen molar-refractivity contribution in [3.8, 4) is 0 Å². The summed E-state index contributed by atoms with van der Waals surface area (Å²) in [5, 5.41) is 2.98. The lowest BCUT2D eigenvalue weighted by Crippen LogP contribution is -2.50. The normalized spacial score (nSPS) is 13.9. The van der Waals surface area contributed by atoms with Gasteiger partial charge in [-0.3, -0.25) is 0 Å². The molecule has 32 heavy (non-hydrogen) atoms. The predicted octanol–water partition coefficient (Wildman–Crippen LogP) is 4.49. The minimum absolute atomic E-state index is 0.0923. The topological polar surface area (TPSA) is 61.4 Å². The monoisotopic (exact) mass is 433 g/mol. The number of carbonyl (C=O) groups excluding carboxylic acids is 1. The van der Waals surface area contributed by atoms with Gasteiger partial charge in [0.05, 0.1) is 0 Å². The van der Waals surface area contributed by atoms with E-state index in [1.807, 2.05) is 56.0 Å². The van der Waals surface area contributed by atoms with E-state index in [1.165, 1.54) is 6.07 Å². The van der Waals surface area contributed by atoms with Gasteiger partial charge >= 0.3 is 6.03 Å². The van der Waals surface area contributed by atoms with Gasteiger partial charge in [0, 0.05) is 49.5 Å². The minimum Gasteiger partial charge on any atom is -0.353 e. The Bertz CT molecular complexity index is 1130. The van der Waals surface area contributed by atoms with E-state index < -0.39 is 0 Å². The molecule has 0 bridgehead atoms. The second-order valence-electron chi connectivity index (χ2n) is 8.24. The van der Waals surface area contributed by atoms with Crippen molar-refractivity contribution < 1.29 is 9.18 Å². The number of halogens is 1. The number of aryl methyl sites for hydroxylation is 3. The highest BCUT2D eigenvalue weighted by Crippen LogP contribution is 2.25. The summed E-state index contributed by atoms with van der Waals surface area (Å²) in [4.78, 5) is 26.0. The van der Waals surface area contributed by atoms with Crippen molar-refractivity contribution >= 4 is 17.5 Å². The van der Waals surface area contributed by atoms with Gasteiger partial charge < -0.3 is 15.1 Å². The summed E-state index contributed by atoms with van der Waals surface area (Å²) in [5.41, 5.74) is 4.69. The summed E-state index contributed by atoms with van der Waals surface area (Å²) >= 11 is 0. The number of carbonyl (C=O) groups is 1. The average Bonchev–Trinajstić information content (AvgIpc) is 2.75. The van der Waals surface area contributed by atoms with Crippen molar-refractivity contribution in [3.05, 3.63) is 82.6 Å². The Labute approximate surface area is 188 Å². The van der Waals surface area contributed by atoms with Gasteiger partial charge in [0.15, 0.2) is 0 Å². The maximum Gasteiger partial charge on any atom is 0.321 e. The molecule has 2 heterocycles. The Balaban J connectivity index is 1.47. The van der Waals surface area contributed by atoms with Crippen molar-refractivity contribution in [1.29, 1.82) is 0 Å². The molecule has 1 aliphatic heterocycles. The van der Waals surface area contributed by atoms with E-state index in [9.17, 15) is 9.18 Å². The predicted molar refractivity (Wildman–Crippen MR) is 125 cm³/mol. The van der Waals surface area contributed by atoms with Gasteiger partial charge in [-0.1, -0.05) is 24.3 Å². The van der Waals surface area contributed by atoms with Crippen molar-refractivity contribution in [3.63, 3.8) is 0 Å². The molecule has 1 fully saturated rings. The van der Waals surface area contributed by atoms with Gasteiger partial charge in [0.25, 0.3) is 0 Å². The van der Waals surface area contributed by atoms with E-state index in [2.05, 4.69) is 15.2 Å². The van der Waals surface area contributed by atoms with Crippen LogP contribution in [-0.4, -0.2) is 47.1 Å². The van der Waals surface area contributed by atoms with E-state index in [0.717, 1.165) is 33.9 Å². The van der Waals surface area contributed by atoms with E-state index in [-0.39, 0.29) is 11.8 Å². The number of nitrogens with one attached hydrogen (secondary N) is 1. The highest BCUT2D eigenvalue weighted by molar-refractivity contribution is 5.89. The molecule has 0 atom stereocenters. The lowest BCUT2D eigenvalue weighted by molar-refractivity contribution is 0.208. The fourth-order valence-corrected chi connectivity index (χ4v) is 4.08. The average molecular weight is 434 g/mol. The first-order valence-corrected chi connectivity index (χ1v) is 10.8. The molecule has 0 radical (unpaired) electrons. The zero-order valence-electron chi connectivity index (χ0n) is 18.7. The molecule has 1 aliphatic rings. The number of urea groups is 1. The van der Waals surface area contributed by atoms with Gasteiger partial charge in [0.2, 0.25) is 0 Å². The van der Waals surface area contributed by atoms with Gasteiger partial charge in [-0.15, -0.1) is 0 Å². The number of benzene rings is 2. The van der Waals surface area contributed by atoms with Crippen LogP contribution in [0.4, 0.5) is 20.7 Å². The lowest BCUT2D eigenvalue weighted by atomic mass is 10.0. The smallest absolute Gasteiger partial charge is 0.321 e. The first kappa shape index (κ1) is 21.7. The molecule has 0 spiro atoms. The number of nitrogens with zero attached hydrogens (tertiary/aromatic N) is 4. The summed E-state index contributed by atoms with van der Waals surface area (Å²) in [6.07, 6.45) is 0.563. The van der Waals surface area contributed by atoms with Crippen LogP contribution in [0.2, 0.25) is 0 Å². The molecular weight excluding hydrogens is 405 g/mol. The van der Waals surface area contributed by atoms with Gasteiger partial charge in [-0.05, 0) is 56.2 Å². The van der Waals surface area contributed by atoms with Crippen LogP contribution in [0.25, 0.3) is 0 Å². The second-order valence-corrected chi connectivity index (χ2v) is 8.24. The summed E-state index contributed by atoms with van der Waals surface area (Å²) in [6, 6.07) is 14.3. The van der Waals surface area contributed by atoms with Crippen LogP contribution in [0.1, 0.15) is 28.2 Å². The minimum atomic E-state index is -0.247. The van der Waals surface area contributed by atoms with Crippen LogP contribution >= 0.6 is 0 Å².